The number of benzene rings is 1. The molecule has 0 saturated heterocycles. The van der Waals surface area contributed by atoms with Crippen LogP contribution in [0.4, 0.5) is 0 Å². The first-order chi connectivity index (χ1) is 7.47. The van der Waals surface area contributed by atoms with Crippen LogP contribution in [0, 0.1) is 0 Å². The van der Waals surface area contributed by atoms with Crippen molar-refractivity contribution in [3.05, 3.63) is 48.6 Å². The molecular formula is C14H22OSi. The lowest BCUT2D eigenvalue weighted by Crippen LogP contribution is -2.35. The van der Waals surface area contributed by atoms with E-state index < -0.39 is 9.04 Å². The van der Waals surface area contributed by atoms with Gasteiger partial charge < -0.3 is 4.43 Å². The van der Waals surface area contributed by atoms with Crippen LogP contribution in [0.2, 0.25) is 13.1 Å². The van der Waals surface area contributed by atoms with E-state index in [1.54, 1.807) is 0 Å². The Morgan fingerprint density at radius 1 is 1.25 bits per heavy atom. The van der Waals surface area contributed by atoms with Crippen LogP contribution in [0.15, 0.2) is 43.0 Å². The monoisotopic (exact) mass is 234 g/mol. The molecule has 0 saturated carbocycles. The summed E-state index contributed by atoms with van der Waals surface area (Å²) in [6.07, 6.45) is 1.99. The van der Waals surface area contributed by atoms with Crippen molar-refractivity contribution in [1.29, 1.82) is 0 Å². The van der Waals surface area contributed by atoms with Crippen LogP contribution >= 0.6 is 0 Å². The van der Waals surface area contributed by atoms with Crippen LogP contribution in [-0.4, -0.2) is 14.6 Å². The molecule has 1 rings (SSSR count). The van der Waals surface area contributed by atoms with Crippen LogP contribution in [0.5, 0.6) is 0 Å². The van der Waals surface area contributed by atoms with Gasteiger partial charge in [-0.2, -0.15) is 0 Å². The van der Waals surface area contributed by atoms with Gasteiger partial charge in [-0.1, -0.05) is 36.4 Å². The predicted octanol–water partition coefficient (Wildman–Crippen LogP) is 3.73. The van der Waals surface area contributed by atoms with Crippen LogP contribution in [-0.2, 0) is 4.43 Å². The molecule has 0 aliphatic rings. The fourth-order valence-corrected chi connectivity index (χ4v) is 3.52. The molecule has 0 bridgehead atoms. The van der Waals surface area contributed by atoms with Crippen LogP contribution < -0.4 is 0 Å². The SMILES string of the molecule is C=CC(c1ccccc1)C(C)(C)O[SiH](C)C. The zero-order chi connectivity index (χ0) is 12.2. The number of hydrogen-bond donors (Lipinski definition) is 0. The maximum atomic E-state index is 6.11. The first-order valence-corrected chi connectivity index (χ1v) is 8.60. The van der Waals surface area contributed by atoms with E-state index in [0.717, 1.165) is 0 Å². The fourth-order valence-electron chi connectivity index (χ4n) is 2.16. The Kier molecular flexibility index (Phi) is 4.51. The lowest BCUT2D eigenvalue weighted by atomic mass is 9.85. The van der Waals surface area contributed by atoms with Crippen molar-refractivity contribution in [3.8, 4) is 0 Å². The molecule has 1 unspecified atom stereocenters. The Bertz CT molecular complexity index is 330. The third-order valence-electron chi connectivity index (χ3n) is 2.68. The zero-order valence-electron chi connectivity index (χ0n) is 10.7. The van der Waals surface area contributed by atoms with Crippen molar-refractivity contribution in [1.82, 2.24) is 0 Å². The molecule has 2 heteroatoms. The Morgan fingerprint density at radius 2 is 1.81 bits per heavy atom. The molecule has 0 amide bonds. The largest absolute Gasteiger partial charge is 0.415 e. The van der Waals surface area contributed by atoms with E-state index in [2.05, 4.69) is 57.8 Å². The minimum absolute atomic E-state index is 0.163. The Hall–Kier alpha value is -0.863. The van der Waals surface area contributed by atoms with Crippen molar-refractivity contribution in [2.75, 3.05) is 0 Å². The summed E-state index contributed by atoms with van der Waals surface area (Å²) < 4.78 is 6.11. The predicted molar refractivity (Wildman–Crippen MR) is 73.4 cm³/mol. The van der Waals surface area contributed by atoms with Gasteiger partial charge in [-0.25, -0.2) is 0 Å². The summed E-state index contributed by atoms with van der Waals surface area (Å²) in [5.41, 5.74) is 1.11. The first kappa shape index (κ1) is 13.2. The van der Waals surface area contributed by atoms with Gasteiger partial charge in [0.25, 0.3) is 0 Å². The first-order valence-electron chi connectivity index (χ1n) is 5.82. The normalized spacial score (nSPS) is 13.8. The summed E-state index contributed by atoms with van der Waals surface area (Å²) >= 11 is 0. The molecule has 1 nitrogen and oxygen atoms in total. The standard InChI is InChI=1S/C14H22OSi/c1-6-13(12-10-8-7-9-11-12)14(2,3)15-16(4)5/h6-11,13,16H,1H2,2-5H3. The van der Waals surface area contributed by atoms with Crippen molar-refractivity contribution < 1.29 is 4.43 Å². The highest BCUT2D eigenvalue weighted by atomic mass is 28.3. The van der Waals surface area contributed by atoms with Gasteiger partial charge in [0, 0.05) is 5.92 Å². The maximum absolute atomic E-state index is 6.11. The topological polar surface area (TPSA) is 9.23 Å². The second kappa shape index (κ2) is 5.46. The van der Waals surface area contributed by atoms with E-state index in [1.165, 1.54) is 5.56 Å². The molecular weight excluding hydrogens is 212 g/mol. The highest BCUT2D eigenvalue weighted by Crippen LogP contribution is 2.32. The number of hydrogen-bond acceptors (Lipinski definition) is 1. The van der Waals surface area contributed by atoms with Crippen molar-refractivity contribution >= 4 is 9.04 Å². The van der Waals surface area contributed by atoms with E-state index in [-0.39, 0.29) is 11.5 Å². The molecule has 0 spiro atoms. The zero-order valence-corrected chi connectivity index (χ0v) is 11.9. The Morgan fingerprint density at radius 3 is 2.25 bits per heavy atom. The van der Waals surface area contributed by atoms with Crippen LogP contribution in [0.25, 0.3) is 0 Å². The van der Waals surface area contributed by atoms with Crippen LogP contribution in [0.1, 0.15) is 25.3 Å². The minimum Gasteiger partial charge on any atom is -0.415 e. The summed E-state index contributed by atoms with van der Waals surface area (Å²) in [4.78, 5) is 0. The highest BCUT2D eigenvalue weighted by Gasteiger charge is 2.29. The highest BCUT2D eigenvalue weighted by molar-refractivity contribution is 6.48. The number of rotatable bonds is 5. The van der Waals surface area contributed by atoms with Gasteiger partial charge in [0.2, 0.25) is 0 Å². The van der Waals surface area contributed by atoms with Crippen molar-refractivity contribution in [3.63, 3.8) is 0 Å². The summed E-state index contributed by atoms with van der Waals surface area (Å²) in [6, 6.07) is 10.4. The van der Waals surface area contributed by atoms with Gasteiger partial charge in [0.05, 0.1) is 5.60 Å². The second-order valence-electron chi connectivity index (χ2n) is 4.89. The van der Waals surface area contributed by atoms with Gasteiger partial charge >= 0.3 is 0 Å². The van der Waals surface area contributed by atoms with E-state index >= 15 is 0 Å². The van der Waals surface area contributed by atoms with Crippen molar-refractivity contribution in [2.24, 2.45) is 0 Å². The minimum atomic E-state index is -1.04. The molecule has 0 heterocycles. The lowest BCUT2D eigenvalue weighted by molar-refractivity contribution is 0.0936. The fraction of sp³-hybridized carbons (Fsp3) is 0.429. The third-order valence-corrected chi connectivity index (χ3v) is 3.76. The molecule has 0 N–H and O–H groups in total. The third kappa shape index (κ3) is 3.32. The van der Waals surface area contributed by atoms with Gasteiger partial charge in [0.15, 0.2) is 9.04 Å². The van der Waals surface area contributed by atoms with Gasteiger partial charge in [-0.15, -0.1) is 6.58 Å². The van der Waals surface area contributed by atoms with Crippen LogP contribution in [0.3, 0.4) is 0 Å². The quantitative estimate of drug-likeness (QED) is 0.557. The molecule has 88 valence electrons. The van der Waals surface area contributed by atoms with E-state index in [1.807, 2.05) is 12.1 Å². The van der Waals surface area contributed by atoms with E-state index in [0.29, 0.717) is 0 Å². The van der Waals surface area contributed by atoms with Gasteiger partial charge in [-0.3, -0.25) is 0 Å². The van der Waals surface area contributed by atoms with E-state index in [9.17, 15) is 0 Å². The Labute approximate surface area is 101 Å². The molecule has 1 aromatic carbocycles. The van der Waals surface area contributed by atoms with Gasteiger partial charge in [-0.05, 0) is 32.5 Å². The molecule has 0 aromatic heterocycles. The summed E-state index contributed by atoms with van der Waals surface area (Å²) in [5.74, 6) is 0.253. The molecule has 0 aliphatic heterocycles. The lowest BCUT2D eigenvalue weighted by Gasteiger charge is -2.35. The summed E-state index contributed by atoms with van der Waals surface area (Å²) in [5, 5.41) is 0. The molecule has 0 radical (unpaired) electrons. The smallest absolute Gasteiger partial charge is 0.171 e. The average Bonchev–Trinajstić information content (AvgIpc) is 2.17. The maximum Gasteiger partial charge on any atom is 0.171 e. The summed E-state index contributed by atoms with van der Waals surface area (Å²) in [6.45, 7) is 12.7. The second-order valence-corrected chi connectivity index (χ2v) is 7.23. The molecule has 1 aromatic rings. The molecule has 1 atom stereocenters. The average molecular weight is 234 g/mol. The Balaban J connectivity index is 2.94. The summed E-state index contributed by atoms with van der Waals surface area (Å²) in [7, 11) is -1.04. The van der Waals surface area contributed by atoms with E-state index in [4.69, 9.17) is 4.43 Å². The molecule has 0 aliphatic carbocycles. The van der Waals surface area contributed by atoms with Gasteiger partial charge in [0.1, 0.15) is 0 Å². The molecule has 16 heavy (non-hydrogen) atoms. The van der Waals surface area contributed by atoms with Crippen molar-refractivity contribution in [2.45, 2.75) is 38.5 Å². The molecule has 0 fully saturated rings.